The van der Waals surface area contributed by atoms with Gasteiger partial charge < -0.3 is 5.32 Å². The third-order valence-corrected chi connectivity index (χ3v) is 4.39. The van der Waals surface area contributed by atoms with E-state index >= 15 is 0 Å². The zero-order valence-electron chi connectivity index (χ0n) is 12.1. The highest BCUT2D eigenvalue weighted by molar-refractivity contribution is 4.93. The van der Waals surface area contributed by atoms with E-state index in [2.05, 4.69) is 37.9 Å². The third-order valence-electron chi connectivity index (χ3n) is 4.39. The Morgan fingerprint density at radius 2 is 1.94 bits per heavy atom. The molecule has 0 aromatic carbocycles. The van der Waals surface area contributed by atoms with E-state index in [9.17, 15) is 0 Å². The normalized spacial score (nSPS) is 31.8. The number of nitrogens with one attached hydrogen (secondary N) is 1. The number of hydrogen-bond acceptors (Lipinski definition) is 2. The molecule has 0 aromatic heterocycles. The van der Waals surface area contributed by atoms with Crippen LogP contribution in [0.4, 0.5) is 0 Å². The Morgan fingerprint density at radius 1 is 1.24 bits per heavy atom. The first-order valence-electron chi connectivity index (χ1n) is 7.48. The Labute approximate surface area is 107 Å². The summed E-state index contributed by atoms with van der Waals surface area (Å²) >= 11 is 0. The standard InChI is InChI=1S/C15H30N2/c1-5-6-13-9-16-14(15(2,3)4)11-17(13)10-12-7-8-12/h12-14,16H,5-11H2,1-4H3. The van der Waals surface area contributed by atoms with Crippen LogP contribution in [-0.2, 0) is 0 Å². The summed E-state index contributed by atoms with van der Waals surface area (Å²) in [6.45, 7) is 13.2. The zero-order chi connectivity index (χ0) is 12.5. The van der Waals surface area contributed by atoms with Crippen molar-refractivity contribution >= 4 is 0 Å². The van der Waals surface area contributed by atoms with E-state index in [0.29, 0.717) is 11.5 Å². The molecule has 2 rings (SSSR count). The average molecular weight is 238 g/mol. The van der Waals surface area contributed by atoms with Crippen LogP contribution in [0.5, 0.6) is 0 Å². The minimum Gasteiger partial charge on any atom is -0.311 e. The highest BCUT2D eigenvalue weighted by Gasteiger charge is 2.36. The van der Waals surface area contributed by atoms with Crippen LogP contribution in [0.1, 0.15) is 53.4 Å². The molecule has 0 amide bonds. The van der Waals surface area contributed by atoms with Crippen molar-refractivity contribution in [1.82, 2.24) is 10.2 Å². The van der Waals surface area contributed by atoms with Crippen LogP contribution in [0, 0.1) is 11.3 Å². The molecule has 1 heterocycles. The van der Waals surface area contributed by atoms with Gasteiger partial charge in [0.1, 0.15) is 0 Å². The fourth-order valence-electron chi connectivity index (χ4n) is 2.91. The Hall–Kier alpha value is -0.0800. The summed E-state index contributed by atoms with van der Waals surface area (Å²) in [4.78, 5) is 2.79. The molecule has 1 aliphatic heterocycles. The van der Waals surface area contributed by atoms with Gasteiger partial charge in [0.25, 0.3) is 0 Å². The second kappa shape index (κ2) is 5.27. The van der Waals surface area contributed by atoms with Crippen molar-refractivity contribution in [1.29, 1.82) is 0 Å². The molecule has 2 unspecified atom stereocenters. The fraction of sp³-hybridized carbons (Fsp3) is 1.00. The maximum Gasteiger partial charge on any atom is 0.0244 e. The van der Waals surface area contributed by atoms with Crippen LogP contribution in [0.3, 0.4) is 0 Å². The van der Waals surface area contributed by atoms with Crippen LogP contribution in [0.2, 0.25) is 0 Å². The highest BCUT2D eigenvalue weighted by atomic mass is 15.2. The summed E-state index contributed by atoms with van der Waals surface area (Å²) in [6, 6.07) is 1.45. The van der Waals surface area contributed by atoms with Gasteiger partial charge in [0.05, 0.1) is 0 Å². The molecule has 1 saturated heterocycles. The van der Waals surface area contributed by atoms with Gasteiger partial charge in [-0.25, -0.2) is 0 Å². The molecule has 2 aliphatic rings. The van der Waals surface area contributed by atoms with E-state index < -0.39 is 0 Å². The van der Waals surface area contributed by atoms with Crippen molar-refractivity contribution < 1.29 is 0 Å². The topological polar surface area (TPSA) is 15.3 Å². The Kier molecular flexibility index (Phi) is 4.14. The van der Waals surface area contributed by atoms with Gasteiger partial charge >= 0.3 is 0 Å². The van der Waals surface area contributed by atoms with Crippen LogP contribution < -0.4 is 5.32 Å². The van der Waals surface area contributed by atoms with E-state index in [1.54, 1.807) is 0 Å². The van der Waals surface area contributed by atoms with Crippen LogP contribution >= 0.6 is 0 Å². The lowest BCUT2D eigenvalue weighted by Gasteiger charge is -2.45. The highest BCUT2D eigenvalue weighted by Crippen LogP contribution is 2.32. The lowest BCUT2D eigenvalue weighted by atomic mass is 9.84. The van der Waals surface area contributed by atoms with Gasteiger partial charge in [-0.2, -0.15) is 0 Å². The first-order chi connectivity index (χ1) is 8.00. The van der Waals surface area contributed by atoms with Crippen molar-refractivity contribution in [3.8, 4) is 0 Å². The number of piperazine rings is 1. The smallest absolute Gasteiger partial charge is 0.0244 e. The number of rotatable bonds is 4. The molecule has 2 fully saturated rings. The summed E-state index contributed by atoms with van der Waals surface area (Å²) in [6.07, 6.45) is 5.62. The van der Waals surface area contributed by atoms with E-state index in [-0.39, 0.29) is 0 Å². The van der Waals surface area contributed by atoms with Crippen molar-refractivity contribution in [2.24, 2.45) is 11.3 Å². The lowest BCUT2D eigenvalue weighted by Crippen LogP contribution is -2.60. The van der Waals surface area contributed by atoms with E-state index in [1.165, 1.54) is 45.3 Å². The molecule has 17 heavy (non-hydrogen) atoms. The molecule has 1 aliphatic carbocycles. The molecule has 0 radical (unpaired) electrons. The van der Waals surface area contributed by atoms with Gasteiger partial charge in [0.2, 0.25) is 0 Å². The Morgan fingerprint density at radius 3 is 2.47 bits per heavy atom. The largest absolute Gasteiger partial charge is 0.311 e. The maximum atomic E-state index is 3.78. The van der Waals surface area contributed by atoms with E-state index in [0.717, 1.165) is 12.0 Å². The van der Waals surface area contributed by atoms with Crippen LogP contribution in [0.25, 0.3) is 0 Å². The first-order valence-corrected chi connectivity index (χ1v) is 7.48. The van der Waals surface area contributed by atoms with E-state index in [4.69, 9.17) is 0 Å². The Balaban J connectivity index is 1.93. The summed E-state index contributed by atoms with van der Waals surface area (Å²) in [5.74, 6) is 1.02. The molecule has 1 saturated carbocycles. The SMILES string of the molecule is CCCC1CNC(C(C)(C)C)CN1CC1CC1. The molecular weight excluding hydrogens is 208 g/mol. The molecule has 0 aromatic rings. The first kappa shape index (κ1) is 13.4. The van der Waals surface area contributed by atoms with Crippen LogP contribution in [0.15, 0.2) is 0 Å². The summed E-state index contributed by atoms with van der Waals surface area (Å²) in [7, 11) is 0. The minimum atomic E-state index is 0.388. The van der Waals surface area contributed by atoms with Crippen molar-refractivity contribution in [3.05, 3.63) is 0 Å². The molecule has 2 atom stereocenters. The maximum absolute atomic E-state index is 3.78. The van der Waals surface area contributed by atoms with Gasteiger partial charge in [-0.15, -0.1) is 0 Å². The van der Waals surface area contributed by atoms with Gasteiger partial charge in [-0.1, -0.05) is 34.1 Å². The summed E-state index contributed by atoms with van der Waals surface area (Å²) in [5, 5.41) is 3.78. The molecular formula is C15H30N2. The van der Waals surface area contributed by atoms with Crippen molar-refractivity contribution in [2.45, 2.75) is 65.5 Å². The predicted octanol–water partition coefficient (Wildman–Crippen LogP) is 2.89. The van der Waals surface area contributed by atoms with Gasteiger partial charge in [0, 0.05) is 31.7 Å². The van der Waals surface area contributed by atoms with Gasteiger partial charge in [-0.05, 0) is 30.6 Å². The second-order valence-corrected chi connectivity index (χ2v) is 7.17. The molecule has 0 bridgehead atoms. The molecule has 100 valence electrons. The number of nitrogens with zero attached hydrogens (tertiary/aromatic N) is 1. The molecule has 1 N–H and O–H groups in total. The molecule has 0 spiro atoms. The second-order valence-electron chi connectivity index (χ2n) is 7.17. The van der Waals surface area contributed by atoms with Crippen molar-refractivity contribution in [3.63, 3.8) is 0 Å². The molecule has 2 heteroatoms. The minimum absolute atomic E-state index is 0.388. The Bertz CT molecular complexity index is 240. The van der Waals surface area contributed by atoms with Gasteiger partial charge in [-0.3, -0.25) is 4.90 Å². The summed E-state index contributed by atoms with van der Waals surface area (Å²) < 4.78 is 0. The van der Waals surface area contributed by atoms with E-state index in [1.807, 2.05) is 0 Å². The fourth-order valence-corrected chi connectivity index (χ4v) is 2.91. The van der Waals surface area contributed by atoms with Crippen molar-refractivity contribution in [2.75, 3.05) is 19.6 Å². The summed E-state index contributed by atoms with van der Waals surface area (Å²) in [5.41, 5.74) is 0.388. The predicted molar refractivity (Wildman–Crippen MR) is 74.2 cm³/mol. The number of hydrogen-bond donors (Lipinski definition) is 1. The third kappa shape index (κ3) is 3.69. The lowest BCUT2D eigenvalue weighted by molar-refractivity contribution is 0.0770. The molecule has 2 nitrogen and oxygen atoms in total. The monoisotopic (exact) mass is 238 g/mol. The average Bonchev–Trinajstić information content (AvgIpc) is 3.03. The zero-order valence-corrected chi connectivity index (χ0v) is 12.1. The quantitative estimate of drug-likeness (QED) is 0.810. The van der Waals surface area contributed by atoms with Gasteiger partial charge in [0.15, 0.2) is 0 Å². The van der Waals surface area contributed by atoms with Crippen LogP contribution in [-0.4, -0.2) is 36.6 Å².